The summed E-state index contributed by atoms with van der Waals surface area (Å²) in [6.45, 7) is 0.946. The largest absolute Gasteiger partial charge is 0.493 e. The minimum absolute atomic E-state index is 0.183. The SMILES string of the molecule is COc1cc(C(=O)OCCCN(C)/C=C/C(=O)C2CCCCC2)cc(OC)c1OC. The number of esters is 1. The van der Waals surface area contributed by atoms with E-state index in [0.717, 1.165) is 25.7 Å². The van der Waals surface area contributed by atoms with Crippen LogP contribution < -0.4 is 14.2 Å². The Labute approximate surface area is 178 Å². The summed E-state index contributed by atoms with van der Waals surface area (Å²) in [6.07, 6.45) is 9.69. The lowest BCUT2D eigenvalue weighted by molar-refractivity contribution is -0.119. The van der Waals surface area contributed by atoms with Gasteiger partial charge in [-0.15, -0.1) is 0 Å². The summed E-state index contributed by atoms with van der Waals surface area (Å²) in [5.41, 5.74) is 0.329. The van der Waals surface area contributed by atoms with Crippen LogP contribution in [0.4, 0.5) is 0 Å². The third-order valence-corrected chi connectivity index (χ3v) is 5.29. The highest BCUT2D eigenvalue weighted by Crippen LogP contribution is 2.38. The van der Waals surface area contributed by atoms with Crippen LogP contribution in [0.1, 0.15) is 48.9 Å². The lowest BCUT2D eigenvalue weighted by Gasteiger charge is -2.19. The van der Waals surface area contributed by atoms with E-state index in [-0.39, 0.29) is 18.3 Å². The zero-order valence-corrected chi connectivity index (χ0v) is 18.4. The van der Waals surface area contributed by atoms with Crippen molar-refractivity contribution < 1.29 is 28.5 Å². The summed E-state index contributed by atoms with van der Waals surface area (Å²) in [6, 6.07) is 3.13. The van der Waals surface area contributed by atoms with Crippen molar-refractivity contribution in [3.05, 3.63) is 30.0 Å². The van der Waals surface area contributed by atoms with E-state index in [2.05, 4.69) is 0 Å². The molecule has 1 saturated carbocycles. The van der Waals surface area contributed by atoms with E-state index in [1.165, 1.54) is 27.8 Å². The maximum absolute atomic E-state index is 12.4. The quantitative estimate of drug-likeness (QED) is 0.306. The van der Waals surface area contributed by atoms with Crippen LogP contribution in [0.5, 0.6) is 17.2 Å². The number of methoxy groups -OCH3 is 3. The number of allylic oxidation sites excluding steroid dienone is 1. The number of ether oxygens (including phenoxy) is 4. The first-order chi connectivity index (χ1) is 14.5. The Kier molecular flexibility index (Phi) is 9.51. The predicted octanol–water partition coefficient (Wildman–Crippen LogP) is 3.85. The van der Waals surface area contributed by atoms with Gasteiger partial charge < -0.3 is 23.8 Å². The number of carbonyl (C=O) groups is 2. The average Bonchev–Trinajstić information content (AvgIpc) is 2.79. The van der Waals surface area contributed by atoms with Gasteiger partial charge in [-0.2, -0.15) is 0 Å². The molecule has 0 aromatic heterocycles. The molecule has 0 radical (unpaired) electrons. The minimum atomic E-state index is -0.458. The maximum Gasteiger partial charge on any atom is 0.338 e. The van der Waals surface area contributed by atoms with Crippen molar-refractivity contribution in [3.8, 4) is 17.2 Å². The second kappa shape index (κ2) is 12.1. The van der Waals surface area contributed by atoms with E-state index in [4.69, 9.17) is 18.9 Å². The lowest BCUT2D eigenvalue weighted by atomic mass is 9.86. The van der Waals surface area contributed by atoms with Crippen molar-refractivity contribution in [1.82, 2.24) is 4.90 Å². The van der Waals surface area contributed by atoms with Crippen molar-refractivity contribution >= 4 is 11.8 Å². The summed E-state index contributed by atoms with van der Waals surface area (Å²) in [5, 5.41) is 0. The van der Waals surface area contributed by atoms with Crippen LogP contribution in [0.25, 0.3) is 0 Å². The number of ketones is 1. The van der Waals surface area contributed by atoms with Gasteiger partial charge in [0.15, 0.2) is 17.3 Å². The molecule has 1 aromatic carbocycles. The van der Waals surface area contributed by atoms with Crippen molar-refractivity contribution in [2.45, 2.75) is 38.5 Å². The summed E-state index contributed by atoms with van der Waals surface area (Å²) >= 11 is 0. The Morgan fingerprint density at radius 3 is 2.23 bits per heavy atom. The fourth-order valence-electron chi connectivity index (χ4n) is 3.56. The molecule has 1 aliphatic rings. The Hall–Kier alpha value is -2.70. The van der Waals surface area contributed by atoms with Gasteiger partial charge >= 0.3 is 5.97 Å². The van der Waals surface area contributed by atoms with Crippen LogP contribution >= 0.6 is 0 Å². The summed E-state index contributed by atoms with van der Waals surface area (Å²) in [7, 11) is 6.40. The Morgan fingerprint density at radius 2 is 1.67 bits per heavy atom. The zero-order chi connectivity index (χ0) is 21.9. The third-order valence-electron chi connectivity index (χ3n) is 5.29. The predicted molar refractivity (Wildman–Crippen MR) is 114 cm³/mol. The number of rotatable bonds is 11. The molecule has 0 amide bonds. The molecule has 7 heteroatoms. The van der Waals surface area contributed by atoms with Gasteiger partial charge in [0.05, 0.1) is 33.5 Å². The number of benzene rings is 1. The van der Waals surface area contributed by atoms with E-state index in [1.807, 2.05) is 18.1 Å². The fraction of sp³-hybridized carbons (Fsp3) is 0.565. The first-order valence-corrected chi connectivity index (χ1v) is 10.4. The van der Waals surface area contributed by atoms with Crippen LogP contribution in [-0.4, -0.2) is 58.2 Å². The molecule has 0 saturated heterocycles. The fourth-order valence-corrected chi connectivity index (χ4v) is 3.56. The minimum Gasteiger partial charge on any atom is -0.493 e. The molecule has 1 aliphatic carbocycles. The van der Waals surface area contributed by atoms with Crippen LogP contribution in [0.2, 0.25) is 0 Å². The van der Waals surface area contributed by atoms with Crippen molar-refractivity contribution in [2.75, 3.05) is 41.5 Å². The first-order valence-electron chi connectivity index (χ1n) is 10.4. The number of carbonyl (C=O) groups excluding carboxylic acids is 2. The molecular weight excluding hydrogens is 386 g/mol. The highest BCUT2D eigenvalue weighted by molar-refractivity contribution is 5.92. The van der Waals surface area contributed by atoms with Gasteiger partial charge in [-0.05, 0) is 37.5 Å². The Morgan fingerprint density at radius 1 is 1.03 bits per heavy atom. The molecule has 166 valence electrons. The molecule has 7 nitrogen and oxygen atoms in total. The van der Waals surface area contributed by atoms with Crippen molar-refractivity contribution in [3.63, 3.8) is 0 Å². The Balaban J connectivity index is 1.79. The second-order valence-electron chi connectivity index (χ2n) is 7.44. The molecule has 1 aromatic rings. The molecule has 2 rings (SSSR count). The van der Waals surface area contributed by atoms with E-state index in [9.17, 15) is 9.59 Å². The topological polar surface area (TPSA) is 74.3 Å². The van der Waals surface area contributed by atoms with E-state index >= 15 is 0 Å². The summed E-state index contributed by atoms with van der Waals surface area (Å²) in [5.74, 6) is 1.17. The van der Waals surface area contributed by atoms with Crippen molar-refractivity contribution in [1.29, 1.82) is 0 Å². The molecule has 0 unspecified atom stereocenters. The molecular formula is C23H33NO6. The van der Waals surface area contributed by atoms with Gasteiger partial charge in [0.25, 0.3) is 0 Å². The molecule has 0 spiro atoms. The van der Waals surface area contributed by atoms with Gasteiger partial charge in [-0.1, -0.05) is 19.3 Å². The van der Waals surface area contributed by atoms with E-state index in [1.54, 1.807) is 18.2 Å². The maximum atomic E-state index is 12.4. The van der Waals surface area contributed by atoms with Gasteiger partial charge in [-0.25, -0.2) is 4.79 Å². The highest BCUT2D eigenvalue weighted by Gasteiger charge is 2.19. The molecule has 0 atom stereocenters. The normalized spacial score (nSPS) is 14.4. The van der Waals surface area contributed by atoms with E-state index in [0.29, 0.717) is 35.8 Å². The monoisotopic (exact) mass is 419 g/mol. The standard InChI is InChI=1S/C23H33NO6/c1-24(13-11-19(25)17-9-6-5-7-10-17)12-8-14-30-23(26)18-15-20(27-2)22(29-4)21(16-18)28-3/h11,13,15-17H,5-10,12,14H2,1-4H3/b13-11+. The van der Waals surface area contributed by atoms with E-state index < -0.39 is 5.97 Å². The summed E-state index contributed by atoms with van der Waals surface area (Å²) in [4.78, 5) is 26.5. The summed E-state index contributed by atoms with van der Waals surface area (Å²) < 4.78 is 21.1. The zero-order valence-electron chi connectivity index (χ0n) is 18.4. The van der Waals surface area contributed by atoms with Gasteiger partial charge in [-0.3, -0.25) is 4.79 Å². The van der Waals surface area contributed by atoms with Gasteiger partial charge in [0, 0.05) is 25.7 Å². The highest BCUT2D eigenvalue weighted by atomic mass is 16.5. The second-order valence-corrected chi connectivity index (χ2v) is 7.44. The van der Waals surface area contributed by atoms with Gasteiger partial charge in [0.2, 0.25) is 5.75 Å². The first kappa shape index (κ1) is 23.6. The molecule has 0 bridgehead atoms. The van der Waals surface area contributed by atoms with Crippen LogP contribution in [0, 0.1) is 5.92 Å². The third kappa shape index (κ3) is 6.68. The number of hydrogen-bond acceptors (Lipinski definition) is 7. The Bertz CT molecular complexity index is 714. The molecule has 1 fully saturated rings. The smallest absolute Gasteiger partial charge is 0.338 e. The van der Waals surface area contributed by atoms with Crippen LogP contribution in [-0.2, 0) is 9.53 Å². The molecule has 0 aliphatic heterocycles. The number of nitrogens with zero attached hydrogens (tertiary/aromatic N) is 1. The molecule has 0 N–H and O–H groups in total. The van der Waals surface area contributed by atoms with Crippen molar-refractivity contribution in [2.24, 2.45) is 5.92 Å². The van der Waals surface area contributed by atoms with Gasteiger partial charge in [0.1, 0.15) is 0 Å². The molecule has 30 heavy (non-hydrogen) atoms. The average molecular weight is 420 g/mol. The van der Waals surface area contributed by atoms with Crippen LogP contribution in [0.15, 0.2) is 24.4 Å². The molecule has 0 heterocycles. The van der Waals surface area contributed by atoms with Crippen LogP contribution in [0.3, 0.4) is 0 Å². The lowest BCUT2D eigenvalue weighted by Crippen LogP contribution is -2.19. The number of hydrogen-bond donors (Lipinski definition) is 0.